The second-order valence-corrected chi connectivity index (χ2v) is 4.79. The van der Waals surface area contributed by atoms with E-state index < -0.39 is 4.92 Å². The molecule has 0 aliphatic heterocycles. The molecular formula is C16H18N4O3. The van der Waals surface area contributed by atoms with Crippen molar-refractivity contribution >= 4 is 22.7 Å². The van der Waals surface area contributed by atoms with Crippen molar-refractivity contribution in [2.24, 2.45) is 10.2 Å². The van der Waals surface area contributed by atoms with Gasteiger partial charge in [-0.25, -0.2) is 0 Å². The van der Waals surface area contributed by atoms with Crippen LogP contribution in [0, 0.1) is 10.1 Å². The number of aliphatic hydroxyl groups excluding tert-OH is 1. The Bertz CT molecular complexity index is 669. The Hall–Kier alpha value is -2.80. The Kier molecular flexibility index (Phi) is 5.76. The molecule has 0 saturated carbocycles. The van der Waals surface area contributed by atoms with Gasteiger partial charge in [0.05, 0.1) is 22.9 Å². The predicted octanol–water partition coefficient (Wildman–Crippen LogP) is 3.83. The molecule has 0 aliphatic rings. The SMILES string of the molecule is CCN(CCO)c1ccc(N=Nc2ccc([N+](=O)[O-])cc2)cc1. The summed E-state index contributed by atoms with van der Waals surface area (Å²) in [6.07, 6.45) is 0. The highest BCUT2D eigenvalue weighted by molar-refractivity contribution is 5.53. The quantitative estimate of drug-likeness (QED) is 0.477. The first-order chi connectivity index (χ1) is 11.1. The van der Waals surface area contributed by atoms with Crippen LogP contribution in [-0.2, 0) is 0 Å². The number of nitro groups is 1. The van der Waals surface area contributed by atoms with Crippen molar-refractivity contribution in [3.8, 4) is 0 Å². The van der Waals surface area contributed by atoms with E-state index in [4.69, 9.17) is 5.11 Å². The standard InChI is InChI=1S/C16H18N4O3/c1-2-19(11-12-21)15-7-3-13(4-8-15)17-18-14-5-9-16(10-6-14)20(22)23/h3-10,21H,2,11-12H2,1H3. The Morgan fingerprint density at radius 2 is 1.57 bits per heavy atom. The van der Waals surface area contributed by atoms with Crippen LogP contribution < -0.4 is 4.90 Å². The molecule has 0 spiro atoms. The maximum Gasteiger partial charge on any atom is 0.269 e. The second kappa shape index (κ2) is 8.00. The lowest BCUT2D eigenvalue weighted by Crippen LogP contribution is -2.25. The van der Waals surface area contributed by atoms with Crippen LogP contribution >= 0.6 is 0 Å². The highest BCUT2D eigenvalue weighted by Gasteiger charge is 2.04. The Balaban J connectivity index is 2.06. The minimum atomic E-state index is -0.453. The molecule has 0 amide bonds. The molecule has 7 nitrogen and oxygen atoms in total. The number of azo groups is 1. The first kappa shape index (κ1) is 16.6. The van der Waals surface area contributed by atoms with E-state index in [2.05, 4.69) is 15.1 Å². The molecule has 0 heterocycles. The maximum absolute atomic E-state index is 10.6. The molecule has 2 rings (SSSR count). The third-order valence-corrected chi connectivity index (χ3v) is 3.31. The van der Waals surface area contributed by atoms with Crippen LogP contribution in [0.4, 0.5) is 22.7 Å². The summed E-state index contributed by atoms with van der Waals surface area (Å²) in [6, 6.07) is 13.4. The van der Waals surface area contributed by atoms with Crippen LogP contribution in [-0.4, -0.2) is 29.7 Å². The highest BCUT2D eigenvalue weighted by Crippen LogP contribution is 2.23. The van der Waals surface area contributed by atoms with E-state index in [1.54, 1.807) is 12.1 Å². The maximum atomic E-state index is 10.6. The number of hydrogen-bond acceptors (Lipinski definition) is 6. The van der Waals surface area contributed by atoms with Gasteiger partial charge in [-0.3, -0.25) is 10.1 Å². The van der Waals surface area contributed by atoms with E-state index >= 15 is 0 Å². The Labute approximate surface area is 134 Å². The zero-order valence-electron chi connectivity index (χ0n) is 12.8. The molecule has 7 heteroatoms. The molecule has 0 aliphatic carbocycles. The first-order valence-electron chi connectivity index (χ1n) is 7.26. The van der Waals surface area contributed by atoms with Gasteiger partial charge in [0.1, 0.15) is 0 Å². The van der Waals surface area contributed by atoms with Crippen molar-refractivity contribution in [3.05, 3.63) is 58.6 Å². The molecule has 0 bridgehead atoms. The summed E-state index contributed by atoms with van der Waals surface area (Å²) in [5, 5.41) is 27.8. The van der Waals surface area contributed by atoms with Crippen molar-refractivity contribution in [2.45, 2.75) is 6.92 Å². The van der Waals surface area contributed by atoms with Crippen LogP contribution in [0.25, 0.3) is 0 Å². The van der Waals surface area contributed by atoms with Gasteiger partial charge < -0.3 is 10.0 Å². The summed E-state index contributed by atoms with van der Waals surface area (Å²) >= 11 is 0. The number of hydrogen-bond donors (Lipinski definition) is 1. The van der Waals surface area contributed by atoms with Gasteiger partial charge in [-0.1, -0.05) is 0 Å². The van der Waals surface area contributed by atoms with Gasteiger partial charge in [0, 0.05) is 30.9 Å². The van der Waals surface area contributed by atoms with Gasteiger partial charge in [-0.2, -0.15) is 10.2 Å². The fourth-order valence-electron chi connectivity index (χ4n) is 2.08. The van der Waals surface area contributed by atoms with Crippen molar-refractivity contribution in [1.29, 1.82) is 0 Å². The van der Waals surface area contributed by atoms with Crippen LogP contribution in [0.1, 0.15) is 6.92 Å². The first-order valence-corrected chi connectivity index (χ1v) is 7.26. The fraction of sp³-hybridized carbons (Fsp3) is 0.250. The van der Waals surface area contributed by atoms with E-state index in [0.717, 1.165) is 12.2 Å². The van der Waals surface area contributed by atoms with Gasteiger partial charge in [0.2, 0.25) is 0 Å². The zero-order valence-corrected chi connectivity index (χ0v) is 12.8. The molecule has 0 saturated heterocycles. The Morgan fingerprint density at radius 3 is 2.00 bits per heavy atom. The Morgan fingerprint density at radius 1 is 1.04 bits per heavy atom. The minimum absolute atomic E-state index is 0.0249. The minimum Gasteiger partial charge on any atom is -0.395 e. The summed E-state index contributed by atoms with van der Waals surface area (Å²) in [4.78, 5) is 12.2. The molecule has 1 N–H and O–H groups in total. The number of anilines is 1. The lowest BCUT2D eigenvalue weighted by Gasteiger charge is -2.21. The number of benzene rings is 2. The van der Waals surface area contributed by atoms with E-state index in [1.165, 1.54) is 12.1 Å². The number of nitrogens with zero attached hydrogens (tertiary/aromatic N) is 4. The third-order valence-electron chi connectivity index (χ3n) is 3.31. The van der Waals surface area contributed by atoms with Crippen LogP contribution in [0.2, 0.25) is 0 Å². The van der Waals surface area contributed by atoms with Gasteiger partial charge in [-0.15, -0.1) is 0 Å². The number of rotatable bonds is 7. The molecule has 0 unspecified atom stereocenters. The molecule has 23 heavy (non-hydrogen) atoms. The van der Waals surface area contributed by atoms with Crippen LogP contribution in [0.5, 0.6) is 0 Å². The predicted molar refractivity (Wildman–Crippen MR) is 88.7 cm³/mol. The molecule has 2 aromatic rings. The average molecular weight is 314 g/mol. The zero-order chi connectivity index (χ0) is 16.7. The van der Waals surface area contributed by atoms with Crippen LogP contribution in [0.15, 0.2) is 58.8 Å². The topological polar surface area (TPSA) is 91.3 Å². The molecule has 2 aromatic carbocycles. The normalized spacial score (nSPS) is 10.9. The van der Waals surface area contributed by atoms with Crippen molar-refractivity contribution in [2.75, 3.05) is 24.6 Å². The number of nitro benzene ring substituents is 1. The lowest BCUT2D eigenvalue weighted by molar-refractivity contribution is -0.384. The number of aliphatic hydroxyl groups is 1. The number of non-ortho nitro benzene ring substituents is 1. The third kappa shape index (κ3) is 4.58. The monoisotopic (exact) mass is 314 g/mol. The second-order valence-electron chi connectivity index (χ2n) is 4.79. The molecule has 0 radical (unpaired) electrons. The van der Waals surface area contributed by atoms with Crippen molar-refractivity contribution in [1.82, 2.24) is 0 Å². The molecule has 120 valence electrons. The van der Waals surface area contributed by atoms with Crippen molar-refractivity contribution in [3.63, 3.8) is 0 Å². The summed E-state index contributed by atoms with van der Waals surface area (Å²) < 4.78 is 0. The highest BCUT2D eigenvalue weighted by atomic mass is 16.6. The summed E-state index contributed by atoms with van der Waals surface area (Å²) in [6.45, 7) is 3.53. The summed E-state index contributed by atoms with van der Waals surface area (Å²) in [5.41, 5.74) is 2.27. The van der Waals surface area contributed by atoms with Gasteiger partial charge in [-0.05, 0) is 43.3 Å². The van der Waals surface area contributed by atoms with E-state index in [1.807, 2.05) is 31.2 Å². The van der Waals surface area contributed by atoms with E-state index in [0.29, 0.717) is 17.9 Å². The fourth-order valence-corrected chi connectivity index (χ4v) is 2.08. The van der Waals surface area contributed by atoms with Gasteiger partial charge in [0.15, 0.2) is 0 Å². The van der Waals surface area contributed by atoms with Gasteiger partial charge >= 0.3 is 0 Å². The molecule has 0 atom stereocenters. The van der Waals surface area contributed by atoms with E-state index in [9.17, 15) is 10.1 Å². The van der Waals surface area contributed by atoms with E-state index in [-0.39, 0.29) is 12.3 Å². The summed E-state index contributed by atoms with van der Waals surface area (Å²) in [7, 11) is 0. The largest absolute Gasteiger partial charge is 0.395 e. The molecule has 0 aromatic heterocycles. The van der Waals surface area contributed by atoms with Crippen molar-refractivity contribution < 1.29 is 10.0 Å². The lowest BCUT2D eigenvalue weighted by atomic mass is 10.2. The number of likely N-dealkylation sites (N-methyl/N-ethyl adjacent to an activating group) is 1. The summed E-state index contributed by atoms with van der Waals surface area (Å²) in [5.74, 6) is 0. The average Bonchev–Trinajstić information content (AvgIpc) is 2.59. The molecular weight excluding hydrogens is 296 g/mol. The van der Waals surface area contributed by atoms with Crippen LogP contribution in [0.3, 0.4) is 0 Å². The smallest absolute Gasteiger partial charge is 0.269 e. The molecule has 0 fully saturated rings. The van der Waals surface area contributed by atoms with Gasteiger partial charge in [0.25, 0.3) is 5.69 Å².